The molecule has 0 saturated heterocycles. The Labute approximate surface area is 177 Å². The number of para-hydroxylation sites is 1. The van der Waals surface area contributed by atoms with Crippen molar-refractivity contribution in [2.75, 3.05) is 6.54 Å². The van der Waals surface area contributed by atoms with Gasteiger partial charge in [0, 0.05) is 29.2 Å². The van der Waals surface area contributed by atoms with Gasteiger partial charge in [-0.15, -0.1) is 0 Å². The molecule has 0 aliphatic carbocycles. The van der Waals surface area contributed by atoms with Gasteiger partial charge in [-0.3, -0.25) is 4.79 Å². The van der Waals surface area contributed by atoms with E-state index in [4.69, 9.17) is 11.6 Å². The lowest BCUT2D eigenvalue weighted by molar-refractivity contribution is 0.0955. The molecule has 0 aliphatic rings. The lowest BCUT2D eigenvalue weighted by atomic mass is 10.1. The molecule has 0 radical (unpaired) electrons. The lowest BCUT2D eigenvalue weighted by Crippen LogP contribution is -2.25. The number of carbonyl (C=O) groups excluding carboxylic acids is 1. The lowest BCUT2D eigenvalue weighted by Gasteiger charge is -2.06. The number of carbonyl (C=O) groups is 1. The van der Waals surface area contributed by atoms with Crippen molar-refractivity contribution in [3.63, 3.8) is 0 Å². The molecule has 1 aromatic heterocycles. The van der Waals surface area contributed by atoms with Crippen molar-refractivity contribution in [1.82, 2.24) is 9.88 Å². The van der Waals surface area contributed by atoms with Crippen molar-refractivity contribution in [3.05, 3.63) is 106 Å². The molecule has 1 heterocycles. The summed E-state index contributed by atoms with van der Waals surface area (Å²) in [4.78, 5) is 12.8. The summed E-state index contributed by atoms with van der Waals surface area (Å²) in [6.45, 7) is 0.678. The Morgan fingerprint density at radius 3 is 2.53 bits per heavy atom. The summed E-state index contributed by atoms with van der Waals surface area (Å²) in [6.07, 6.45) is 2.22. The monoisotopic (exact) mass is 424 g/mol. The fourth-order valence-corrected chi connectivity index (χ4v) is 3.60. The summed E-state index contributed by atoms with van der Waals surface area (Å²) in [6, 6.07) is 18.7. The van der Waals surface area contributed by atoms with E-state index < -0.39 is 5.82 Å². The van der Waals surface area contributed by atoms with Gasteiger partial charge in [-0.05, 0) is 36.2 Å². The van der Waals surface area contributed by atoms with Crippen molar-refractivity contribution < 1.29 is 13.6 Å². The van der Waals surface area contributed by atoms with Gasteiger partial charge in [-0.2, -0.15) is 0 Å². The third-order valence-corrected chi connectivity index (χ3v) is 5.32. The zero-order chi connectivity index (χ0) is 21.1. The van der Waals surface area contributed by atoms with Gasteiger partial charge in [0.2, 0.25) is 0 Å². The standard InChI is InChI=1S/C24H19ClF2N2O/c25-20-10-9-16(13-22(20)27)11-12-28-24(30)19-15-29(23-8-4-2-6-18(19)23)14-17-5-1-3-7-21(17)26/h1-10,13,15H,11-12,14H2,(H,28,30). The summed E-state index contributed by atoms with van der Waals surface area (Å²) < 4.78 is 29.5. The van der Waals surface area contributed by atoms with Crippen LogP contribution < -0.4 is 5.32 Å². The molecule has 4 aromatic rings. The van der Waals surface area contributed by atoms with Gasteiger partial charge in [0.15, 0.2) is 0 Å². The maximum absolute atomic E-state index is 14.1. The molecule has 0 spiro atoms. The SMILES string of the molecule is O=C(NCCc1ccc(Cl)c(F)c1)c1cn(Cc2ccccc2F)c2ccccc12. The summed E-state index contributed by atoms with van der Waals surface area (Å²) in [7, 11) is 0. The first kappa shape index (κ1) is 20.1. The molecule has 0 atom stereocenters. The first-order chi connectivity index (χ1) is 14.5. The predicted octanol–water partition coefficient (Wildman–Crippen LogP) is 5.59. The first-order valence-electron chi connectivity index (χ1n) is 9.56. The molecule has 0 bridgehead atoms. The number of fused-ring (bicyclic) bond motifs is 1. The van der Waals surface area contributed by atoms with Crippen molar-refractivity contribution in [2.45, 2.75) is 13.0 Å². The Morgan fingerprint density at radius 1 is 0.967 bits per heavy atom. The molecule has 4 rings (SSSR count). The topological polar surface area (TPSA) is 34.0 Å². The predicted molar refractivity (Wildman–Crippen MR) is 115 cm³/mol. The van der Waals surface area contributed by atoms with Crippen molar-refractivity contribution in [1.29, 1.82) is 0 Å². The second-order valence-electron chi connectivity index (χ2n) is 7.03. The van der Waals surface area contributed by atoms with Crippen LogP contribution in [-0.4, -0.2) is 17.0 Å². The molecule has 30 heavy (non-hydrogen) atoms. The van der Waals surface area contributed by atoms with E-state index >= 15 is 0 Å². The van der Waals surface area contributed by atoms with Crippen LogP contribution in [0, 0.1) is 11.6 Å². The average Bonchev–Trinajstić information content (AvgIpc) is 3.11. The number of nitrogens with one attached hydrogen (secondary N) is 1. The van der Waals surface area contributed by atoms with Crippen molar-refractivity contribution in [3.8, 4) is 0 Å². The summed E-state index contributed by atoms with van der Waals surface area (Å²) in [5.74, 6) is -0.985. The number of aromatic nitrogens is 1. The zero-order valence-electron chi connectivity index (χ0n) is 16.0. The largest absolute Gasteiger partial charge is 0.352 e. The molecule has 0 unspecified atom stereocenters. The van der Waals surface area contributed by atoms with Gasteiger partial charge in [0.25, 0.3) is 5.91 Å². The Morgan fingerprint density at radius 2 is 1.73 bits per heavy atom. The van der Waals surface area contributed by atoms with Crippen LogP contribution in [0.3, 0.4) is 0 Å². The van der Waals surface area contributed by atoms with E-state index in [0.717, 1.165) is 16.5 Å². The molecule has 0 fully saturated rings. The minimum atomic E-state index is -0.475. The van der Waals surface area contributed by atoms with Crippen molar-refractivity contribution >= 4 is 28.4 Å². The summed E-state index contributed by atoms with van der Waals surface area (Å²) >= 11 is 5.70. The van der Waals surface area contributed by atoms with E-state index in [2.05, 4.69) is 5.32 Å². The second kappa shape index (κ2) is 8.67. The second-order valence-corrected chi connectivity index (χ2v) is 7.44. The fourth-order valence-electron chi connectivity index (χ4n) is 3.48. The highest BCUT2D eigenvalue weighted by atomic mass is 35.5. The zero-order valence-corrected chi connectivity index (χ0v) is 16.8. The molecule has 1 amide bonds. The minimum absolute atomic E-state index is 0.0745. The van der Waals surface area contributed by atoms with E-state index in [1.54, 1.807) is 30.5 Å². The van der Waals surface area contributed by atoms with E-state index in [1.807, 2.05) is 28.8 Å². The molecule has 3 aromatic carbocycles. The number of amides is 1. The number of hydrogen-bond donors (Lipinski definition) is 1. The quantitative estimate of drug-likeness (QED) is 0.430. The molecule has 152 valence electrons. The average molecular weight is 425 g/mol. The molecular formula is C24H19ClF2N2O. The number of halogens is 3. The number of benzene rings is 3. The normalized spacial score (nSPS) is 11.0. The fraction of sp³-hybridized carbons (Fsp3) is 0.125. The number of rotatable bonds is 6. The van der Waals surface area contributed by atoms with Crippen LogP contribution in [0.4, 0.5) is 8.78 Å². The van der Waals surface area contributed by atoms with Gasteiger partial charge in [-0.25, -0.2) is 8.78 Å². The Balaban J connectivity index is 1.52. The van der Waals surface area contributed by atoms with Crippen molar-refractivity contribution in [2.24, 2.45) is 0 Å². The van der Waals surface area contributed by atoms with Gasteiger partial charge in [0.05, 0.1) is 17.1 Å². The molecule has 3 nitrogen and oxygen atoms in total. The summed E-state index contributed by atoms with van der Waals surface area (Å²) in [5, 5.41) is 3.75. The van der Waals surface area contributed by atoms with Crippen LogP contribution in [0.5, 0.6) is 0 Å². The van der Waals surface area contributed by atoms with Gasteiger partial charge in [-0.1, -0.05) is 54.1 Å². The van der Waals surface area contributed by atoms with Crippen LogP contribution in [0.15, 0.2) is 72.9 Å². The number of hydrogen-bond acceptors (Lipinski definition) is 1. The highest BCUT2D eigenvalue weighted by Crippen LogP contribution is 2.23. The van der Waals surface area contributed by atoms with Crippen LogP contribution in [-0.2, 0) is 13.0 Å². The van der Waals surface area contributed by atoms with Gasteiger partial charge < -0.3 is 9.88 Å². The van der Waals surface area contributed by atoms with E-state index in [9.17, 15) is 13.6 Å². The third-order valence-electron chi connectivity index (χ3n) is 5.01. The molecule has 0 saturated carbocycles. The molecule has 0 aliphatic heterocycles. The van der Waals surface area contributed by atoms with E-state index in [0.29, 0.717) is 30.6 Å². The molecule has 6 heteroatoms. The van der Waals surface area contributed by atoms with Gasteiger partial charge in [0.1, 0.15) is 11.6 Å². The van der Waals surface area contributed by atoms with E-state index in [-0.39, 0.29) is 16.7 Å². The molecular weight excluding hydrogens is 406 g/mol. The maximum atomic E-state index is 14.1. The molecule has 1 N–H and O–H groups in total. The first-order valence-corrected chi connectivity index (χ1v) is 9.94. The highest BCUT2D eigenvalue weighted by Gasteiger charge is 2.15. The van der Waals surface area contributed by atoms with Gasteiger partial charge >= 0.3 is 0 Å². The smallest absolute Gasteiger partial charge is 0.253 e. The van der Waals surface area contributed by atoms with Crippen LogP contribution in [0.1, 0.15) is 21.5 Å². The number of nitrogens with zero attached hydrogens (tertiary/aromatic N) is 1. The Bertz CT molecular complexity index is 1220. The Kier molecular flexibility index (Phi) is 5.81. The third kappa shape index (κ3) is 4.21. The minimum Gasteiger partial charge on any atom is -0.352 e. The van der Waals surface area contributed by atoms with Crippen LogP contribution in [0.25, 0.3) is 10.9 Å². The summed E-state index contributed by atoms with van der Waals surface area (Å²) in [5.41, 5.74) is 2.67. The van der Waals surface area contributed by atoms with Crippen LogP contribution in [0.2, 0.25) is 5.02 Å². The highest BCUT2D eigenvalue weighted by molar-refractivity contribution is 6.30. The van der Waals surface area contributed by atoms with Crippen LogP contribution >= 0.6 is 11.6 Å². The Hall–Kier alpha value is -3.18. The van der Waals surface area contributed by atoms with E-state index in [1.165, 1.54) is 18.2 Å². The maximum Gasteiger partial charge on any atom is 0.253 e.